The maximum Gasteiger partial charge on any atom is 0.273 e. The number of anilines is 3. The average molecular weight is 407 g/mol. The molecule has 1 saturated carbocycles. The standard InChI is InChI=1S/C18H23F2N7O2/c1-9-5-6-10(8-12(9)29-2)23-16-13(15(22)28)26-27-17(25-16)24-11-4-3-7-18(19,20)14(11)21/h5-6,8,11,14H,3-4,7,21H2,1-2H3,(H2,22,28)(H2,23,24,25,27)/t11-,14-/m1/s1. The van der Waals surface area contributed by atoms with Crippen molar-refractivity contribution >= 4 is 23.4 Å². The van der Waals surface area contributed by atoms with Gasteiger partial charge in [-0.05, 0) is 31.4 Å². The van der Waals surface area contributed by atoms with Crippen LogP contribution in [0.3, 0.4) is 0 Å². The van der Waals surface area contributed by atoms with Crippen LogP contribution >= 0.6 is 0 Å². The minimum atomic E-state index is -2.98. The first-order valence-electron chi connectivity index (χ1n) is 9.07. The topological polar surface area (TPSA) is 141 Å². The van der Waals surface area contributed by atoms with Crippen LogP contribution in [-0.2, 0) is 0 Å². The number of nitrogens with zero attached hydrogens (tertiary/aromatic N) is 3. The molecule has 3 rings (SSSR count). The van der Waals surface area contributed by atoms with E-state index in [1.165, 1.54) is 0 Å². The largest absolute Gasteiger partial charge is 0.496 e. The lowest BCUT2D eigenvalue weighted by Crippen LogP contribution is -2.55. The predicted molar refractivity (Wildman–Crippen MR) is 104 cm³/mol. The molecule has 1 aromatic carbocycles. The number of primary amides is 1. The van der Waals surface area contributed by atoms with Gasteiger partial charge in [0.15, 0.2) is 11.5 Å². The molecule has 0 aliphatic heterocycles. The summed E-state index contributed by atoms with van der Waals surface area (Å²) in [5.74, 6) is -3.17. The summed E-state index contributed by atoms with van der Waals surface area (Å²) >= 11 is 0. The quantitative estimate of drug-likeness (QED) is 0.569. The van der Waals surface area contributed by atoms with Crippen molar-refractivity contribution in [1.82, 2.24) is 15.2 Å². The van der Waals surface area contributed by atoms with Gasteiger partial charge in [0.2, 0.25) is 5.95 Å². The van der Waals surface area contributed by atoms with Crippen molar-refractivity contribution in [3.8, 4) is 5.75 Å². The summed E-state index contributed by atoms with van der Waals surface area (Å²) in [4.78, 5) is 15.9. The first-order chi connectivity index (χ1) is 13.7. The van der Waals surface area contributed by atoms with Gasteiger partial charge in [-0.1, -0.05) is 6.07 Å². The molecule has 6 N–H and O–H groups in total. The number of hydrogen-bond acceptors (Lipinski definition) is 8. The Hall–Kier alpha value is -3.08. The minimum Gasteiger partial charge on any atom is -0.496 e. The van der Waals surface area contributed by atoms with E-state index in [0.717, 1.165) is 5.56 Å². The molecule has 9 nitrogen and oxygen atoms in total. The van der Waals surface area contributed by atoms with Gasteiger partial charge in [0.05, 0.1) is 19.2 Å². The highest BCUT2D eigenvalue weighted by Gasteiger charge is 2.45. The van der Waals surface area contributed by atoms with Crippen LogP contribution in [0.5, 0.6) is 5.75 Å². The molecule has 29 heavy (non-hydrogen) atoms. The summed E-state index contributed by atoms with van der Waals surface area (Å²) < 4.78 is 33.0. The van der Waals surface area contributed by atoms with E-state index >= 15 is 0 Å². The third-order valence-corrected chi connectivity index (χ3v) is 4.85. The van der Waals surface area contributed by atoms with Gasteiger partial charge in [-0.3, -0.25) is 4.79 Å². The molecule has 11 heteroatoms. The van der Waals surface area contributed by atoms with Crippen molar-refractivity contribution in [2.45, 2.75) is 44.2 Å². The van der Waals surface area contributed by atoms with Crippen LogP contribution in [0.2, 0.25) is 0 Å². The molecule has 1 amide bonds. The molecule has 1 aliphatic carbocycles. The Bertz CT molecular complexity index is 910. The molecular weight excluding hydrogens is 384 g/mol. The average Bonchev–Trinajstić information content (AvgIpc) is 2.67. The van der Waals surface area contributed by atoms with Crippen molar-refractivity contribution in [1.29, 1.82) is 0 Å². The summed E-state index contributed by atoms with van der Waals surface area (Å²) in [6.07, 6.45) is 0.503. The Balaban J connectivity index is 1.87. The number of hydrogen-bond donors (Lipinski definition) is 4. The van der Waals surface area contributed by atoms with Gasteiger partial charge in [0, 0.05) is 18.2 Å². The van der Waals surface area contributed by atoms with Crippen molar-refractivity contribution in [3.05, 3.63) is 29.5 Å². The maximum absolute atomic E-state index is 13.9. The van der Waals surface area contributed by atoms with Crippen LogP contribution in [0.1, 0.15) is 35.3 Å². The molecule has 0 unspecified atom stereocenters. The van der Waals surface area contributed by atoms with Crippen LogP contribution in [-0.4, -0.2) is 46.2 Å². The second-order valence-electron chi connectivity index (χ2n) is 6.94. The Morgan fingerprint density at radius 1 is 1.34 bits per heavy atom. The summed E-state index contributed by atoms with van der Waals surface area (Å²) in [7, 11) is 1.54. The number of alkyl halides is 2. The maximum atomic E-state index is 13.9. The van der Waals surface area contributed by atoms with E-state index in [2.05, 4.69) is 25.8 Å². The zero-order valence-electron chi connectivity index (χ0n) is 16.1. The smallest absolute Gasteiger partial charge is 0.273 e. The Morgan fingerprint density at radius 2 is 2.10 bits per heavy atom. The van der Waals surface area contributed by atoms with E-state index < -0.39 is 23.9 Å². The number of amides is 1. The number of aryl methyl sites for hydroxylation is 1. The van der Waals surface area contributed by atoms with Crippen molar-refractivity contribution in [3.63, 3.8) is 0 Å². The normalized spacial score (nSPS) is 20.7. The fourth-order valence-corrected chi connectivity index (χ4v) is 3.20. The first-order valence-corrected chi connectivity index (χ1v) is 9.07. The number of carbonyl (C=O) groups is 1. The highest BCUT2D eigenvalue weighted by Crippen LogP contribution is 2.33. The fourth-order valence-electron chi connectivity index (χ4n) is 3.20. The third kappa shape index (κ3) is 4.50. The van der Waals surface area contributed by atoms with Crippen LogP contribution in [0, 0.1) is 6.92 Å². The molecular formula is C18H23F2N7O2. The van der Waals surface area contributed by atoms with E-state index in [1.807, 2.05) is 13.0 Å². The lowest BCUT2D eigenvalue weighted by molar-refractivity contribution is -0.0555. The van der Waals surface area contributed by atoms with Gasteiger partial charge >= 0.3 is 0 Å². The lowest BCUT2D eigenvalue weighted by Gasteiger charge is -2.35. The van der Waals surface area contributed by atoms with Crippen LogP contribution in [0.25, 0.3) is 0 Å². The van der Waals surface area contributed by atoms with E-state index in [1.54, 1.807) is 19.2 Å². The number of ether oxygens (including phenoxy) is 1. The molecule has 0 spiro atoms. The Kier molecular flexibility index (Phi) is 5.78. The monoisotopic (exact) mass is 407 g/mol. The summed E-state index contributed by atoms with van der Waals surface area (Å²) in [5, 5.41) is 13.3. The van der Waals surface area contributed by atoms with E-state index in [-0.39, 0.29) is 23.9 Å². The van der Waals surface area contributed by atoms with Crippen molar-refractivity contribution < 1.29 is 18.3 Å². The van der Waals surface area contributed by atoms with Gasteiger partial charge in [-0.15, -0.1) is 10.2 Å². The molecule has 1 fully saturated rings. The molecule has 1 aromatic heterocycles. The summed E-state index contributed by atoms with van der Waals surface area (Å²) in [6.45, 7) is 1.88. The number of benzene rings is 1. The van der Waals surface area contributed by atoms with Gasteiger partial charge in [0.1, 0.15) is 5.75 Å². The summed E-state index contributed by atoms with van der Waals surface area (Å²) in [6, 6.07) is 3.19. The van der Waals surface area contributed by atoms with Crippen molar-refractivity contribution in [2.75, 3.05) is 17.7 Å². The number of halogens is 2. The van der Waals surface area contributed by atoms with E-state index in [0.29, 0.717) is 24.3 Å². The lowest BCUT2D eigenvalue weighted by atomic mass is 9.87. The van der Waals surface area contributed by atoms with Crippen LogP contribution in [0.4, 0.5) is 26.2 Å². The van der Waals surface area contributed by atoms with E-state index in [9.17, 15) is 13.6 Å². The van der Waals surface area contributed by atoms with Gasteiger partial charge in [-0.2, -0.15) is 4.98 Å². The first kappa shape index (κ1) is 20.6. The number of rotatable bonds is 6. The number of aromatic nitrogens is 3. The zero-order chi connectivity index (χ0) is 21.2. The Morgan fingerprint density at radius 3 is 2.79 bits per heavy atom. The van der Waals surface area contributed by atoms with Gasteiger partial charge < -0.3 is 26.8 Å². The van der Waals surface area contributed by atoms with Crippen LogP contribution in [0.15, 0.2) is 18.2 Å². The Labute approximate surface area is 166 Å². The zero-order valence-corrected chi connectivity index (χ0v) is 16.1. The predicted octanol–water partition coefficient (Wildman–Crippen LogP) is 1.96. The van der Waals surface area contributed by atoms with Gasteiger partial charge in [0.25, 0.3) is 11.8 Å². The molecule has 156 valence electrons. The highest BCUT2D eigenvalue weighted by molar-refractivity contribution is 5.96. The molecule has 1 aliphatic rings. The fraction of sp³-hybridized carbons (Fsp3) is 0.444. The number of nitrogens with two attached hydrogens (primary N) is 2. The third-order valence-electron chi connectivity index (χ3n) is 4.85. The van der Waals surface area contributed by atoms with Gasteiger partial charge in [-0.25, -0.2) is 8.78 Å². The van der Waals surface area contributed by atoms with E-state index in [4.69, 9.17) is 16.2 Å². The molecule has 2 aromatic rings. The summed E-state index contributed by atoms with van der Waals surface area (Å²) in [5.41, 5.74) is 12.4. The highest BCUT2D eigenvalue weighted by atomic mass is 19.3. The molecule has 1 heterocycles. The second kappa shape index (κ2) is 8.11. The molecule has 0 radical (unpaired) electrons. The SMILES string of the molecule is COc1cc(Nc2nc(N[C@@H]3CCCC(F)(F)[C@@H]3N)nnc2C(N)=O)ccc1C. The minimum absolute atomic E-state index is 0.0327. The molecule has 0 bridgehead atoms. The van der Waals surface area contributed by atoms with Crippen LogP contribution < -0.4 is 26.8 Å². The number of nitrogens with one attached hydrogen (secondary N) is 2. The molecule has 0 saturated heterocycles. The van der Waals surface area contributed by atoms with Crippen molar-refractivity contribution in [2.24, 2.45) is 11.5 Å². The number of carbonyl (C=O) groups excluding carboxylic acids is 1. The number of methoxy groups -OCH3 is 1. The second-order valence-corrected chi connectivity index (χ2v) is 6.94. The molecule has 2 atom stereocenters.